The summed E-state index contributed by atoms with van der Waals surface area (Å²) in [6, 6.07) is 16.9. The van der Waals surface area contributed by atoms with Crippen molar-refractivity contribution in [1.29, 1.82) is 0 Å². The molecule has 5 heteroatoms. The van der Waals surface area contributed by atoms with Crippen LogP contribution < -0.4 is 5.32 Å². The van der Waals surface area contributed by atoms with Crippen LogP contribution in [0.2, 0.25) is 0 Å². The molecular weight excluding hydrogens is 352 g/mol. The predicted molar refractivity (Wildman–Crippen MR) is 108 cm³/mol. The van der Waals surface area contributed by atoms with Gasteiger partial charge in [0.15, 0.2) is 0 Å². The SMILES string of the molecule is O=C(Nc1ccccc1)c1ccc(CN2C(C(=O)O)CC3CCCCC32)cc1. The van der Waals surface area contributed by atoms with E-state index in [4.69, 9.17) is 0 Å². The highest BCUT2D eigenvalue weighted by atomic mass is 16.4. The van der Waals surface area contributed by atoms with Crippen molar-refractivity contribution in [3.63, 3.8) is 0 Å². The van der Waals surface area contributed by atoms with E-state index >= 15 is 0 Å². The number of likely N-dealkylation sites (tertiary alicyclic amines) is 1. The van der Waals surface area contributed by atoms with Gasteiger partial charge in [0.1, 0.15) is 6.04 Å². The average molecular weight is 378 g/mol. The largest absolute Gasteiger partial charge is 0.480 e. The highest BCUT2D eigenvalue weighted by Gasteiger charge is 2.44. The van der Waals surface area contributed by atoms with Crippen LogP contribution in [-0.4, -0.2) is 34.0 Å². The molecule has 2 N–H and O–H groups in total. The molecule has 2 aliphatic rings. The molecule has 1 aliphatic carbocycles. The lowest BCUT2D eigenvalue weighted by Gasteiger charge is -2.33. The van der Waals surface area contributed by atoms with Gasteiger partial charge in [-0.1, -0.05) is 43.2 Å². The van der Waals surface area contributed by atoms with Gasteiger partial charge in [0.05, 0.1) is 0 Å². The summed E-state index contributed by atoms with van der Waals surface area (Å²) in [5, 5.41) is 12.6. The number of rotatable bonds is 5. The molecule has 3 atom stereocenters. The van der Waals surface area contributed by atoms with Crippen LogP contribution in [0.25, 0.3) is 0 Å². The standard InChI is InChI=1S/C23H26N2O3/c26-22(24-19-7-2-1-3-8-19)17-12-10-16(11-13-17)15-25-20-9-5-4-6-18(20)14-21(25)23(27)28/h1-3,7-8,10-13,18,20-21H,4-6,9,14-15H2,(H,24,26)(H,27,28). The highest BCUT2D eigenvalue weighted by molar-refractivity contribution is 6.04. The molecule has 1 aliphatic heterocycles. The van der Waals surface area contributed by atoms with Gasteiger partial charge in [-0.25, -0.2) is 0 Å². The van der Waals surface area contributed by atoms with E-state index in [0.29, 0.717) is 24.1 Å². The highest BCUT2D eigenvalue weighted by Crippen LogP contribution is 2.40. The van der Waals surface area contributed by atoms with E-state index in [0.717, 1.165) is 30.5 Å². The van der Waals surface area contributed by atoms with Gasteiger partial charge < -0.3 is 10.4 Å². The van der Waals surface area contributed by atoms with Gasteiger partial charge in [-0.3, -0.25) is 14.5 Å². The molecule has 0 aromatic heterocycles. The molecule has 0 radical (unpaired) electrons. The van der Waals surface area contributed by atoms with Crippen LogP contribution >= 0.6 is 0 Å². The first-order valence-electron chi connectivity index (χ1n) is 10.1. The number of carboxylic acids is 1. The Labute approximate surface area is 165 Å². The molecule has 0 spiro atoms. The van der Waals surface area contributed by atoms with Crippen LogP contribution in [0.5, 0.6) is 0 Å². The number of nitrogens with one attached hydrogen (secondary N) is 1. The summed E-state index contributed by atoms with van der Waals surface area (Å²) in [5.41, 5.74) is 2.41. The number of nitrogens with zero attached hydrogens (tertiary/aromatic N) is 1. The quantitative estimate of drug-likeness (QED) is 0.820. The average Bonchev–Trinajstić information content (AvgIpc) is 3.08. The van der Waals surface area contributed by atoms with Crippen molar-refractivity contribution in [3.05, 3.63) is 65.7 Å². The monoisotopic (exact) mass is 378 g/mol. The Morgan fingerprint density at radius 3 is 2.43 bits per heavy atom. The van der Waals surface area contributed by atoms with E-state index in [2.05, 4.69) is 10.2 Å². The van der Waals surface area contributed by atoms with E-state index in [-0.39, 0.29) is 5.91 Å². The second kappa shape index (κ2) is 8.15. The number of benzene rings is 2. The van der Waals surface area contributed by atoms with Crippen molar-refractivity contribution in [2.75, 3.05) is 5.32 Å². The van der Waals surface area contributed by atoms with Crippen LogP contribution in [0.3, 0.4) is 0 Å². The summed E-state index contributed by atoms with van der Waals surface area (Å²) in [6.45, 7) is 0.624. The molecule has 2 aromatic carbocycles. The number of para-hydroxylation sites is 1. The molecule has 0 bridgehead atoms. The number of aliphatic carboxylic acids is 1. The van der Waals surface area contributed by atoms with E-state index in [9.17, 15) is 14.7 Å². The van der Waals surface area contributed by atoms with Crippen molar-refractivity contribution < 1.29 is 14.7 Å². The first kappa shape index (κ1) is 18.7. The number of amides is 1. The third-order valence-electron chi connectivity index (χ3n) is 6.12. The van der Waals surface area contributed by atoms with Crippen molar-refractivity contribution in [1.82, 2.24) is 4.90 Å². The molecule has 4 rings (SSSR count). The summed E-state index contributed by atoms with van der Waals surface area (Å²) < 4.78 is 0. The molecular formula is C23H26N2O3. The maximum atomic E-state index is 12.4. The maximum Gasteiger partial charge on any atom is 0.320 e. The molecule has 2 fully saturated rings. The molecule has 1 heterocycles. The van der Waals surface area contributed by atoms with Crippen LogP contribution in [0.4, 0.5) is 5.69 Å². The molecule has 2 aromatic rings. The van der Waals surface area contributed by atoms with Crippen LogP contribution in [0.15, 0.2) is 54.6 Å². The van der Waals surface area contributed by atoms with Crippen LogP contribution in [-0.2, 0) is 11.3 Å². The lowest BCUT2D eigenvalue weighted by atomic mass is 9.84. The Morgan fingerprint density at radius 1 is 1.00 bits per heavy atom. The minimum absolute atomic E-state index is 0.144. The molecule has 3 unspecified atom stereocenters. The second-order valence-electron chi connectivity index (χ2n) is 7.89. The fourth-order valence-corrected chi connectivity index (χ4v) is 4.72. The number of hydrogen-bond acceptors (Lipinski definition) is 3. The first-order chi connectivity index (χ1) is 13.6. The molecule has 28 heavy (non-hydrogen) atoms. The number of carbonyl (C=O) groups excluding carboxylic acids is 1. The van der Waals surface area contributed by atoms with Crippen LogP contribution in [0.1, 0.15) is 48.0 Å². The van der Waals surface area contributed by atoms with Gasteiger partial charge >= 0.3 is 5.97 Å². The third-order valence-corrected chi connectivity index (χ3v) is 6.12. The van der Waals surface area contributed by atoms with Crippen molar-refractivity contribution in [2.45, 2.75) is 50.7 Å². The molecule has 146 valence electrons. The number of carbonyl (C=O) groups is 2. The van der Waals surface area contributed by atoms with Crippen LogP contribution in [0, 0.1) is 5.92 Å². The van der Waals surface area contributed by atoms with Gasteiger partial charge in [0, 0.05) is 23.8 Å². The maximum absolute atomic E-state index is 12.4. The molecule has 1 saturated heterocycles. The van der Waals surface area contributed by atoms with E-state index in [1.165, 1.54) is 12.8 Å². The van der Waals surface area contributed by atoms with Gasteiger partial charge in [0.25, 0.3) is 5.91 Å². The van der Waals surface area contributed by atoms with Crippen molar-refractivity contribution in [2.24, 2.45) is 5.92 Å². The number of hydrogen-bond donors (Lipinski definition) is 2. The van der Waals surface area contributed by atoms with E-state index in [1.807, 2.05) is 54.6 Å². The summed E-state index contributed by atoms with van der Waals surface area (Å²) >= 11 is 0. The third kappa shape index (κ3) is 3.94. The second-order valence-corrected chi connectivity index (χ2v) is 7.89. The number of fused-ring (bicyclic) bond motifs is 1. The summed E-state index contributed by atoms with van der Waals surface area (Å²) in [5.74, 6) is -0.353. The minimum atomic E-state index is -0.715. The zero-order chi connectivity index (χ0) is 19.5. The zero-order valence-corrected chi connectivity index (χ0v) is 15.9. The fraction of sp³-hybridized carbons (Fsp3) is 0.391. The van der Waals surface area contributed by atoms with Gasteiger partial charge in [-0.15, -0.1) is 0 Å². The number of carboxylic acid groups (broad SMARTS) is 1. The van der Waals surface area contributed by atoms with Gasteiger partial charge in [-0.2, -0.15) is 0 Å². The smallest absolute Gasteiger partial charge is 0.320 e. The van der Waals surface area contributed by atoms with Gasteiger partial charge in [0.2, 0.25) is 0 Å². The number of anilines is 1. The summed E-state index contributed by atoms with van der Waals surface area (Å²) in [7, 11) is 0. The summed E-state index contributed by atoms with van der Waals surface area (Å²) in [4.78, 5) is 26.3. The lowest BCUT2D eigenvalue weighted by molar-refractivity contribution is -0.142. The summed E-state index contributed by atoms with van der Waals surface area (Å²) in [6.07, 6.45) is 5.39. The van der Waals surface area contributed by atoms with Crippen molar-refractivity contribution >= 4 is 17.6 Å². The topological polar surface area (TPSA) is 69.6 Å². The minimum Gasteiger partial charge on any atom is -0.480 e. The molecule has 5 nitrogen and oxygen atoms in total. The molecule has 1 amide bonds. The molecule has 1 saturated carbocycles. The zero-order valence-electron chi connectivity index (χ0n) is 15.9. The normalized spacial score (nSPS) is 24.5. The van der Waals surface area contributed by atoms with Crippen molar-refractivity contribution in [3.8, 4) is 0 Å². The first-order valence-corrected chi connectivity index (χ1v) is 10.1. The Morgan fingerprint density at radius 2 is 1.71 bits per heavy atom. The van der Waals surface area contributed by atoms with E-state index < -0.39 is 12.0 Å². The fourth-order valence-electron chi connectivity index (χ4n) is 4.72. The predicted octanol–water partition coefficient (Wildman–Crippen LogP) is 4.16. The lowest BCUT2D eigenvalue weighted by Crippen LogP contribution is -2.41. The Hall–Kier alpha value is -2.66. The Kier molecular flexibility index (Phi) is 5.44. The van der Waals surface area contributed by atoms with Gasteiger partial charge in [-0.05, 0) is 55.0 Å². The Balaban J connectivity index is 1.44. The Bertz CT molecular complexity index is 835. The van der Waals surface area contributed by atoms with E-state index in [1.54, 1.807) is 0 Å².